The van der Waals surface area contributed by atoms with E-state index < -0.39 is 16.0 Å². The van der Waals surface area contributed by atoms with E-state index in [1.165, 1.54) is 63.5 Å². The van der Waals surface area contributed by atoms with Crippen LogP contribution in [0.15, 0.2) is 47.4 Å². The average Bonchev–Trinajstić information content (AvgIpc) is 2.79. The van der Waals surface area contributed by atoms with Crippen molar-refractivity contribution in [3.05, 3.63) is 58.6 Å². The summed E-state index contributed by atoms with van der Waals surface area (Å²) in [6.07, 6.45) is 12.3. The number of esters is 1. The minimum absolute atomic E-state index is 0.129. The average molecular weight is 494 g/mol. The van der Waals surface area contributed by atoms with Crippen LogP contribution < -0.4 is 4.72 Å². The van der Waals surface area contributed by atoms with E-state index in [1.54, 1.807) is 37.3 Å². The van der Waals surface area contributed by atoms with Crippen LogP contribution in [0.5, 0.6) is 0 Å². The molecule has 0 aliphatic rings. The quantitative estimate of drug-likeness (QED) is 0.205. The number of carbonyl (C=O) groups is 1. The molecule has 0 heterocycles. The highest BCUT2D eigenvalue weighted by molar-refractivity contribution is 7.92. The molecular weight excluding hydrogens is 458 g/mol. The molecule has 33 heavy (non-hydrogen) atoms. The van der Waals surface area contributed by atoms with Crippen molar-refractivity contribution in [2.45, 2.75) is 83.0 Å². The standard InChI is InChI=1S/C26H36ClNO4S/c1-3-4-5-6-7-8-9-10-11-12-19-32-26(29)22-13-15-23(16-14-22)28-33(30,31)24-17-18-25(27)21(2)20-24/h13-18,20,28H,3-12,19H2,1-2H3. The summed E-state index contributed by atoms with van der Waals surface area (Å²) in [6.45, 7) is 4.38. The Hall–Kier alpha value is -2.05. The molecule has 0 aliphatic carbocycles. The second kappa shape index (κ2) is 14.3. The lowest BCUT2D eigenvalue weighted by Crippen LogP contribution is -2.13. The summed E-state index contributed by atoms with van der Waals surface area (Å²) < 4.78 is 33.0. The summed E-state index contributed by atoms with van der Waals surface area (Å²) in [5.41, 5.74) is 1.45. The zero-order valence-corrected chi connectivity index (χ0v) is 21.3. The number of ether oxygens (including phenoxy) is 1. The normalized spacial score (nSPS) is 11.4. The van der Waals surface area contributed by atoms with Gasteiger partial charge in [0.2, 0.25) is 0 Å². The Morgan fingerprint density at radius 2 is 1.45 bits per heavy atom. The maximum Gasteiger partial charge on any atom is 0.338 e. The molecule has 0 radical (unpaired) electrons. The van der Waals surface area contributed by atoms with Gasteiger partial charge in [-0.2, -0.15) is 0 Å². The van der Waals surface area contributed by atoms with Gasteiger partial charge in [-0.3, -0.25) is 4.72 Å². The van der Waals surface area contributed by atoms with Crippen LogP contribution in [0.1, 0.15) is 87.1 Å². The van der Waals surface area contributed by atoms with Crippen molar-refractivity contribution < 1.29 is 17.9 Å². The van der Waals surface area contributed by atoms with Crippen LogP contribution in [0.25, 0.3) is 0 Å². The fourth-order valence-electron chi connectivity index (χ4n) is 3.51. The van der Waals surface area contributed by atoms with Gasteiger partial charge in [-0.25, -0.2) is 13.2 Å². The van der Waals surface area contributed by atoms with Crippen LogP contribution in [0.4, 0.5) is 5.69 Å². The number of benzene rings is 2. The Morgan fingerprint density at radius 3 is 2.03 bits per heavy atom. The first kappa shape index (κ1) is 27.2. The Kier molecular flexibility index (Phi) is 11.8. The van der Waals surface area contributed by atoms with E-state index >= 15 is 0 Å². The van der Waals surface area contributed by atoms with E-state index in [0.29, 0.717) is 28.4 Å². The van der Waals surface area contributed by atoms with Crippen LogP contribution in [-0.2, 0) is 14.8 Å². The predicted octanol–water partition coefficient (Wildman–Crippen LogP) is 7.53. The van der Waals surface area contributed by atoms with Crippen molar-refractivity contribution >= 4 is 33.3 Å². The molecule has 2 rings (SSSR count). The van der Waals surface area contributed by atoms with E-state index in [1.807, 2.05) is 0 Å². The van der Waals surface area contributed by atoms with Crippen molar-refractivity contribution in [3.63, 3.8) is 0 Å². The van der Waals surface area contributed by atoms with Crippen LogP contribution in [0.3, 0.4) is 0 Å². The lowest BCUT2D eigenvalue weighted by Gasteiger charge is -2.10. The number of aryl methyl sites for hydroxylation is 1. The molecule has 0 aliphatic heterocycles. The third-order valence-corrected chi connectivity index (χ3v) is 7.35. The molecule has 0 saturated carbocycles. The number of anilines is 1. The molecule has 1 N–H and O–H groups in total. The van der Waals surface area contributed by atoms with Crippen LogP contribution in [0, 0.1) is 6.92 Å². The fourth-order valence-corrected chi connectivity index (χ4v) is 4.77. The third-order valence-electron chi connectivity index (χ3n) is 5.54. The topological polar surface area (TPSA) is 72.5 Å². The molecule has 0 fully saturated rings. The van der Waals surface area contributed by atoms with Gasteiger partial charge in [-0.05, 0) is 61.4 Å². The number of nitrogens with one attached hydrogen (secondary N) is 1. The van der Waals surface area contributed by atoms with Gasteiger partial charge in [0.05, 0.1) is 17.1 Å². The zero-order chi connectivity index (χ0) is 24.1. The highest BCUT2D eigenvalue weighted by Gasteiger charge is 2.16. The summed E-state index contributed by atoms with van der Waals surface area (Å²) in [4.78, 5) is 12.3. The second-order valence-electron chi connectivity index (χ2n) is 8.41. The van der Waals surface area contributed by atoms with Crippen LogP contribution in [-0.4, -0.2) is 21.0 Å². The first-order valence-corrected chi connectivity index (χ1v) is 13.8. The molecule has 5 nitrogen and oxygen atoms in total. The number of halogens is 1. The van der Waals surface area contributed by atoms with Gasteiger partial charge in [-0.15, -0.1) is 0 Å². The monoisotopic (exact) mass is 493 g/mol. The first-order chi connectivity index (χ1) is 15.8. The van der Waals surface area contributed by atoms with E-state index in [9.17, 15) is 13.2 Å². The van der Waals surface area contributed by atoms with Gasteiger partial charge >= 0.3 is 5.97 Å². The molecular formula is C26H36ClNO4S. The number of rotatable bonds is 15. The van der Waals surface area contributed by atoms with Crippen molar-refractivity contribution in [1.82, 2.24) is 0 Å². The van der Waals surface area contributed by atoms with Gasteiger partial charge in [0.1, 0.15) is 0 Å². The Morgan fingerprint density at radius 1 is 0.879 bits per heavy atom. The summed E-state index contributed by atoms with van der Waals surface area (Å²) >= 11 is 5.97. The van der Waals surface area contributed by atoms with Crippen LogP contribution >= 0.6 is 11.6 Å². The lowest BCUT2D eigenvalue weighted by atomic mass is 10.1. The van der Waals surface area contributed by atoms with Gasteiger partial charge in [-0.1, -0.05) is 76.3 Å². The molecule has 0 bridgehead atoms. The molecule has 0 spiro atoms. The number of sulfonamides is 1. The third kappa shape index (κ3) is 9.76. The van der Waals surface area contributed by atoms with Crippen molar-refractivity contribution in [2.24, 2.45) is 0 Å². The largest absolute Gasteiger partial charge is 0.462 e. The van der Waals surface area contributed by atoms with Gasteiger partial charge in [0.15, 0.2) is 0 Å². The fraction of sp³-hybridized carbons (Fsp3) is 0.500. The minimum atomic E-state index is -3.74. The van der Waals surface area contributed by atoms with Gasteiger partial charge in [0.25, 0.3) is 10.0 Å². The SMILES string of the molecule is CCCCCCCCCCCCOC(=O)c1ccc(NS(=O)(=O)c2ccc(Cl)c(C)c2)cc1. The molecule has 0 amide bonds. The summed E-state index contributed by atoms with van der Waals surface area (Å²) in [7, 11) is -3.74. The van der Waals surface area contributed by atoms with Gasteiger partial charge < -0.3 is 4.74 Å². The maximum atomic E-state index is 12.6. The predicted molar refractivity (Wildman–Crippen MR) is 136 cm³/mol. The van der Waals surface area contributed by atoms with Crippen molar-refractivity contribution in [3.8, 4) is 0 Å². The molecule has 2 aromatic rings. The van der Waals surface area contributed by atoms with Crippen molar-refractivity contribution in [2.75, 3.05) is 11.3 Å². The number of hydrogen-bond donors (Lipinski definition) is 1. The molecule has 0 saturated heterocycles. The minimum Gasteiger partial charge on any atom is -0.462 e. The summed E-state index contributed by atoms with van der Waals surface area (Å²) in [5, 5.41) is 0.509. The van der Waals surface area contributed by atoms with E-state index in [4.69, 9.17) is 16.3 Å². The maximum absolute atomic E-state index is 12.6. The Labute approximate surface area is 203 Å². The highest BCUT2D eigenvalue weighted by atomic mass is 35.5. The van der Waals surface area contributed by atoms with Crippen molar-refractivity contribution in [1.29, 1.82) is 0 Å². The van der Waals surface area contributed by atoms with E-state index in [0.717, 1.165) is 12.8 Å². The molecule has 0 atom stereocenters. The molecule has 7 heteroatoms. The van der Waals surface area contributed by atoms with Crippen LogP contribution in [0.2, 0.25) is 5.02 Å². The summed E-state index contributed by atoms with van der Waals surface area (Å²) in [6, 6.07) is 10.8. The molecule has 0 aromatic heterocycles. The molecule has 0 unspecified atom stereocenters. The first-order valence-electron chi connectivity index (χ1n) is 11.9. The Balaban J connectivity index is 1.69. The van der Waals surface area contributed by atoms with E-state index in [-0.39, 0.29) is 4.90 Å². The highest BCUT2D eigenvalue weighted by Crippen LogP contribution is 2.22. The Bertz CT molecular complexity index is 974. The molecule has 2 aromatic carbocycles. The number of carbonyl (C=O) groups excluding carboxylic acids is 1. The lowest BCUT2D eigenvalue weighted by molar-refractivity contribution is 0.0497. The van der Waals surface area contributed by atoms with Gasteiger partial charge in [0, 0.05) is 10.7 Å². The molecule has 182 valence electrons. The zero-order valence-electron chi connectivity index (χ0n) is 19.7. The smallest absolute Gasteiger partial charge is 0.338 e. The second-order valence-corrected chi connectivity index (χ2v) is 10.5. The number of unbranched alkanes of at least 4 members (excludes halogenated alkanes) is 9. The van der Waals surface area contributed by atoms with E-state index in [2.05, 4.69) is 11.6 Å². The number of hydrogen-bond acceptors (Lipinski definition) is 4. The summed E-state index contributed by atoms with van der Waals surface area (Å²) in [5.74, 6) is -0.395.